The quantitative estimate of drug-likeness (QED) is 0.193. The molecule has 0 spiro atoms. The Kier molecular flexibility index (Phi) is 8.36. The second-order valence-electron chi connectivity index (χ2n) is 8.30. The minimum atomic E-state index is -0.314. The molecular weight excluding hydrogens is 486 g/mol. The average molecular weight is 514 g/mol. The molecule has 5 nitrogen and oxygen atoms in total. The first kappa shape index (κ1) is 25.4. The standard InChI is InChI=1S/C29H27N3O2S2/c1-19-9-12-23(13-10-19)27-20(2)36-29(31-27)32-28(34)21(3)35-25-16-14-24(15-17-25)30-26(33)18-11-22-7-5-4-6-8-22/h4-18,21H,1-3H3,(H,30,33)(H,31,32,34)/b18-11+. The zero-order valence-electron chi connectivity index (χ0n) is 20.3. The molecule has 1 aromatic heterocycles. The molecule has 182 valence electrons. The van der Waals surface area contributed by atoms with Crippen LogP contribution in [0.1, 0.15) is 22.9 Å². The summed E-state index contributed by atoms with van der Waals surface area (Å²) < 4.78 is 0. The summed E-state index contributed by atoms with van der Waals surface area (Å²) in [7, 11) is 0. The van der Waals surface area contributed by atoms with Crippen LogP contribution < -0.4 is 10.6 Å². The van der Waals surface area contributed by atoms with Gasteiger partial charge in [-0.25, -0.2) is 4.98 Å². The lowest BCUT2D eigenvalue weighted by atomic mass is 10.1. The first-order valence-electron chi connectivity index (χ1n) is 11.5. The molecule has 0 saturated carbocycles. The smallest absolute Gasteiger partial charge is 0.248 e. The Balaban J connectivity index is 1.30. The van der Waals surface area contributed by atoms with Gasteiger partial charge in [-0.1, -0.05) is 60.2 Å². The number of benzene rings is 3. The molecule has 0 fully saturated rings. The van der Waals surface area contributed by atoms with E-state index in [1.165, 1.54) is 34.7 Å². The van der Waals surface area contributed by atoms with E-state index in [4.69, 9.17) is 0 Å². The Labute approximate surface area is 219 Å². The van der Waals surface area contributed by atoms with E-state index >= 15 is 0 Å². The first-order valence-corrected chi connectivity index (χ1v) is 13.2. The van der Waals surface area contributed by atoms with Crippen molar-refractivity contribution in [1.82, 2.24) is 4.98 Å². The van der Waals surface area contributed by atoms with Gasteiger partial charge in [0, 0.05) is 27.1 Å². The summed E-state index contributed by atoms with van der Waals surface area (Å²) in [6, 6.07) is 25.3. The van der Waals surface area contributed by atoms with Gasteiger partial charge in [0.25, 0.3) is 0 Å². The van der Waals surface area contributed by atoms with Crippen LogP contribution in [0.5, 0.6) is 0 Å². The third kappa shape index (κ3) is 6.93. The predicted molar refractivity (Wildman–Crippen MR) is 152 cm³/mol. The molecule has 0 saturated heterocycles. The fourth-order valence-corrected chi connectivity index (χ4v) is 5.14. The van der Waals surface area contributed by atoms with Gasteiger partial charge < -0.3 is 10.6 Å². The largest absolute Gasteiger partial charge is 0.323 e. The van der Waals surface area contributed by atoms with E-state index in [1.807, 2.05) is 80.6 Å². The second kappa shape index (κ2) is 11.8. The van der Waals surface area contributed by atoms with Gasteiger partial charge in [0.05, 0.1) is 10.9 Å². The fraction of sp³-hybridized carbons (Fsp3) is 0.138. The maximum Gasteiger partial charge on any atom is 0.248 e. The van der Waals surface area contributed by atoms with Crippen LogP contribution in [-0.2, 0) is 9.59 Å². The van der Waals surface area contributed by atoms with E-state index in [0.717, 1.165) is 26.6 Å². The fourth-order valence-electron chi connectivity index (χ4n) is 3.43. The first-order chi connectivity index (χ1) is 17.4. The highest BCUT2D eigenvalue weighted by Crippen LogP contribution is 2.31. The number of carbonyl (C=O) groups excluding carboxylic acids is 2. The van der Waals surface area contributed by atoms with Crippen molar-refractivity contribution in [1.29, 1.82) is 0 Å². The van der Waals surface area contributed by atoms with Crippen molar-refractivity contribution in [2.45, 2.75) is 30.9 Å². The van der Waals surface area contributed by atoms with Crippen LogP contribution in [0.4, 0.5) is 10.8 Å². The Morgan fingerprint density at radius 1 is 0.917 bits per heavy atom. The van der Waals surface area contributed by atoms with Crippen molar-refractivity contribution in [3.05, 3.63) is 101 Å². The monoisotopic (exact) mass is 513 g/mol. The van der Waals surface area contributed by atoms with Crippen LogP contribution in [-0.4, -0.2) is 22.0 Å². The molecule has 1 heterocycles. The van der Waals surface area contributed by atoms with Crippen LogP contribution >= 0.6 is 23.1 Å². The molecule has 4 rings (SSSR count). The van der Waals surface area contributed by atoms with Crippen molar-refractivity contribution in [2.24, 2.45) is 0 Å². The summed E-state index contributed by atoms with van der Waals surface area (Å²) in [4.78, 5) is 31.6. The summed E-state index contributed by atoms with van der Waals surface area (Å²) in [5.41, 5.74) is 4.79. The number of aryl methyl sites for hydroxylation is 2. The Hall–Kier alpha value is -3.68. The molecule has 1 atom stereocenters. The van der Waals surface area contributed by atoms with E-state index < -0.39 is 0 Å². The molecule has 1 unspecified atom stereocenters. The Morgan fingerprint density at radius 2 is 1.61 bits per heavy atom. The minimum absolute atomic E-state index is 0.104. The number of anilines is 2. The molecule has 0 bridgehead atoms. The van der Waals surface area contributed by atoms with Crippen LogP contribution in [0, 0.1) is 13.8 Å². The van der Waals surface area contributed by atoms with Gasteiger partial charge in [-0.15, -0.1) is 23.1 Å². The predicted octanol–water partition coefficient (Wildman–Crippen LogP) is 7.20. The highest BCUT2D eigenvalue weighted by atomic mass is 32.2. The van der Waals surface area contributed by atoms with Crippen molar-refractivity contribution in [3.63, 3.8) is 0 Å². The minimum Gasteiger partial charge on any atom is -0.323 e. The molecule has 0 aliphatic heterocycles. The number of thioether (sulfide) groups is 1. The van der Waals surface area contributed by atoms with Gasteiger partial charge >= 0.3 is 0 Å². The number of amides is 2. The molecule has 36 heavy (non-hydrogen) atoms. The topological polar surface area (TPSA) is 71.1 Å². The molecule has 3 aromatic carbocycles. The second-order valence-corrected chi connectivity index (χ2v) is 10.9. The van der Waals surface area contributed by atoms with E-state index in [-0.39, 0.29) is 17.1 Å². The lowest BCUT2D eigenvalue weighted by Crippen LogP contribution is -2.22. The number of aromatic nitrogens is 1. The normalized spacial score (nSPS) is 11.9. The van der Waals surface area contributed by atoms with Crippen molar-refractivity contribution in [3.8, 4) is 11.3 Å². The SMILES string of the molecule is Cc1ccc(-c2nc(NC(=O)C(C)Sc3ccc(NC(=O)/C=C/c4ccccc4)cc3)sc2C)cc1. The number of nitrogens with one attached hydrogen (secondary N) is 2. The number of thiazole rings is 1. The number of carbonyl (C=O) groups is 2. The maximum atomic E-state index is 12.8. The molecule has 0 aliphatic carbocycles. The van der Waals surface area contributed by atoms with E-state index in [9.17, 15) is 9.59 Å². The van der Waals surface area contributed by atoms with Crippen LogP contribution in [0.2, 0.25) is 0 Å². The lowest BCUT2D eigenvalue weighted by Gasteiger charge is -2.11. The molecule has 2 N–H and O–H groups in total. The van der Waals surface area contributed by atoms with Gasteiger partial charge in [0.15, 0.2) is 5.13 Å². The maximum absolute atomic E-state index is 12.8. The van der Waals surface area contributed by atoms with Crippen molar-refractivity contribution in [2.75, 3.05) is 10.6 Å². The zero-order chi connectivity index (χ0) is 25.5. The Bertz CT molecular complexity index is 1360. The highest BCUT2D eigenvalue weighted by Gasteiger charge is 2.18. The third-order valence-electron chi connectivity index (χ3n) is 5.38. The number of hydrogen-bond acceptors (Lipinski definition) is 5. The van der Waals surface area contributed by atoms with E-state index in [0.29, 0.717) is 10.8 Å². The summed E-state index contributed by atoms with van der Waals surface area (Å²) in [5, 5.41) is 6.09. The zero-order valence-corrected chi connectivity index (χ0v) is 22.0. The summed E-state index contributed by atoms with van der Waals surface area (Å²) in [6.45, 7) is 5.93. The van der Waals surface area contributed by atoms with Crippen LogP contribution in [0.3, 0.4) is 0 Å². The third-order valence-corrected chi connectivity index (χ3v) is 7.38. The van der Waals surface area contributed by atoms with E-state index in [1.54, 1.807) is 6.08 Å². The van der Waals surface area contributed by atoms with Gasteiger partial charge in [-0.3, -0.25) is 9.59 Å². The lowest BCUT2D eigenvalue weighted by molar-refractivity contribution is -0.115. The van der Waals surface area contributed by atoms with Crippen LogP contribution in [0.25, 0.3) is 17.3 Å². The van der Waals surface area contributed by atoms with Gasteiger partial charge in [0.2, 0.25) is 11.8 Å². The Morgan fingerprint density at radius 3 is 2.31 bits per heavy atom. The molecule has 2 amide bonds. The van der Waals surface area contributed by atoms with Gasteiger partial charge in [-0.2, -0.15) is 0 Å². The van der Waals surface area contributed by atoms with Gasteiger partial charge in [0.1, 0.15) is 0 Å². The van der Waals surface area contributed by atoms with Crippen molar-refractivity contribution < 1.29 is 9.59 Å². The molecule has 0 aliphatic rings. The number of nitrogens with zero attached hydrogens (tertiary/aromatic N) is 1. The summed E-state index contributed by atoms with van der Waals surface area (Å²) in [6.07, 6.45) is 3.28. The molecule has 0 radical (unpaired) electrons. The summed E-state index contributed by atoms with van der Waals surface area (Å²) in [5.74, 6) is -0.302. The van der Waals surface area contributed by atoms with Gasteiger partial charge in [-0.05, 0) is 56.7 Å². The van der Waals surface area contributed by atoms with Crippen LogP contribution in [0.15, 0.2) is 89.8 Å². The average Bonchev–Trinajstić information content (AvgIpc) is 3.24. The van der Waals surface area contributed by atoms with Crippen molar-refractivity contribution >= 4 is 51.8 Å². The number of rotatable bonds is 8. The molecule has 7 heteroatoms. The summed E-state index contributed by atoms with van der Waals surface area (Å²) >= 11 is 2.93. The highest BCUT2D eigenvalue weighted by molar-refractivity contribution is 8.00. The van der Waals surface area contributed by atoms with E-state index in [2.05, 4.69) is 34.7 Å². The molecular formula is C29H27N3O2S2. The number of hydrogen-bond donors (Lipinski definition) is 2. The molecule has 4 aromatic rings.